The smallest absolute Gasteiger partial charge is 0.433 e. The molecule has 0 saturated carbocycles. The molecule has 14 heteroatoms. The van der Waals surface area contributed by atoms with Crippen LogP contribution in [0.25, 0.3) is 11.3 Å². The number of carbonyl (C=O) groups is 1. The number of hydrogen-bond donors (Lipinski definition) is 1. The second-order valence-electron chi connectivity index (χ2n) is 8.17. The second kappa shape index (κ2) is 12.5. The van der Waals surface area contributed by atoms with Crippen LogP contribution in [0.3, 0.4) is 0 Å². The van der Waals surface area contributed by atoms with Crippen LogP contribution in [0.2, 0.25) is 0 Å². The van der Waals surface area contributed by atoms with Gasteiger partial charge in [-0.25, -0.2) is 15.4 Å². The summed E-state index contributed by atoms with van der Waals surface area (Å²) >= 11 is 0.757. The number of halogens is 3. The summed E-state index contributed by atoms with van der Waals surface area (Å²) in [7, 11) is 2.85. The summed E-state index contributed by atoms with van der Waals surface area (Å²) in [5, 5.41) is 15.0. The minimum Gasteiger partial charge on any atom is -0.497 e. The number of aromatic nitrogens is 2. The second-order valence-corrected chi connectivity index (χ2v) is 9.18. The molecule has 0 saturated heterocycles. The average Bonchev–Trinajstić information content (AvgIpc) is 2.97. The van der Waals surface area contributed by atoms with Crippen molar-refractivity contribution in [3.8, 4) is 22.8 Å². The molecular weight excluding hydrogens is 563 g/mol. The van der Waals surface area contributed by atoms with Crippen molar-refractivity contribution >= 4 is 29.6 Å². The van der Waals surface area contributed by atoms with Gasteiger partial charge in [0.15, 0.2) is 5.16 Å². The van der Waals surface area contributed by atoms with Crippen molar-refractivity contribution in [3.63, 3.8) is 0 Å². The third-order valence-electron chi connectivity index (χ3n) is 5.45. The van der Waals surface area contributed by atoms with Crippen molar-refractivity contribution in [3.05, 3.63) is 99.7 Å². The molecule has 0 atom stereocenters. The number of hydrogen-bond acceptors (Lipinski definition) is 9. The van der Waals surface area contributed by atoms with Gasteiger partial charge in [-0.15, -0.1) is 0 Å². The molecule has 210 valence electrons. The monoisotopic (exact) mass is 583 g/mol. The molecule has 0 spiro atoms. The summed E-state index contributed by atoms with van der Waals surface area (Å²) in [6.07, 6.45) is -3.61. The van der Waals surface area contributed by atoms with Crippen molar-refractivity contribution in [2.24, 2.45) is 5.10 Å². The highest BCUT2D eigenvalue weighted by Gasteiger charge is 2.34. The molecule has 4 rings (SSSR count). The summed E-state index contributed by atoms with van der Waals surface area (Å²) in [4.78, 5) is 31.6. The predicted molar refractivity (Wildman–Crippen MR) is 144 cm³/mol. The van der Waals surface area contributed by atoms with E-state index in [1.807, 2.05) is 0 Å². The van der Waals surface area contributed by atoms with E-state index < -0.39 is 22.7 Å². The Kier molecular flexibility index (Phi) is 8.82. The summed E-state index contributed by atoms with van der Waals surface area (Å²) in [5.74, 6) is 0.102. The maximum Gasteiger partial charge on any atom is 0.433 e. The van der Waals surface area contributed by atoms with Gasteiger partial charge in [-0.2, -0.15) is 18.3 Å². The molecule has 0 fully saturated rings. The van der Waals surface area contributed by atoms with E-state index in [9.17, 15) is 28.1 Å². The molecule has 10 nitrogen and oxygen atoms in total. The van der Waals surface area contributed by atoms with E-state index in [0.717, 1.165) is 30.1 Å². The maximum absolute atomic E-state index is 13.6. The Bertz CT molecular complexity index is 1590. The Morgan fingerprint density at radius 1 is 1.00 bits per heavy atom. The lowest BCUT2D eigenvalue weighted by Gasteiger charge is -2.11. The van der Waals surface area contributed by atoms with Gasteiger partial charge >= 0.3 is 6.18 Å². The van der Waals surface area contributed by atoms with Gasteiger partial charge in [0.05, 0.1) is 31.1 Å². The number of nitro benzene ring substituents is 1. The highest BCUT2D eigenvalue weighted by atomic mass is 32.2. The molecule has 1 N–H and O–H groups in total. The third-order valence-corrected chi connectivity index (χ3v) is 6.41. The minimum absolute atomic E-state index is 0.0496. The number of hydrazone groups is 1. The number of nitrogens with one attached hydrogen (secondary N) is 1. The van der Waals surface area contributed by atoms with Crippen LogP contribution in [0.5, 0.6) is 11.5 Å². The average molecular weight is 584 g/mol. The number of nitro groups is 1. The standard InChI is InChI=1S/C27H20F3N5O5S/c1-39-20-11-17(12-21(13-20)40-2)25(36)34-31-15-18-10-19(35(37)38)8-9-23(18)41-26-32-22(16-6-4-3-5-7-16)14-24(33-26)27(28,29)30/h3-15H,1-2H3,(H,34,36)/b31-15+. The lowest BCUT2D eigenvalue weighted by Crippen LogP contribution is -2.17. The number of rotatable bonds is 9. The minimum atomic E-state index is -4.74. The van der Waals surface area contributed by atoms with Crippen molar-refractivity contribution < 1.29 is 32.4 Å². The van der Waals surface area contributed by atoms with Crippen LogP contribution in [-0.2, 0) is 6.18 Å². The SMILES string of the molecule is COc1cc(OC)cc(C(=O)N/N=C/c2cc([N+](=O)[O-])ccc2Sc2nc(-c3ccccc3)cc(C(F)(F)F)n2)c1. The van der Waals surface area contributed by atoms with Crippen LogP contribution in [0.1, 0.15) is 21.6 Å². The normalized spacial score (nSPS) is 11.3. The Labute approximate surface area is 235 Å². The zero-order chi connectivity index (χ0) is 29.6. The van der Waals surface area contributed by atoms with Gasteiger partial charge in [-0.05, 0) is 36.0 Å². The molecule has 41 heavy (non-hydrogen) atoms. The molecule has 1 aromatic heterocycles. The van der Waals surface area contributed by atoms with Crippen molar-refractivity contribution in [1.82, 2.24) is 15.4 Å². The van der Waals surface area contributed by atoms with E-state index in [1.54, 1.807) is 36.4 Å². The largest absolute Gasteiger partial charge is 0.497 e. The predicted octanol–water partition coefficient (Wildman–Crippen LogP) is 6.00. The van der Waals surface area contributed by atoms with E-state index in [1.165, 1.54) is 38.5 Å². The molecule has 0 aliphatic carbocycles. The molecule has 1 heterocycles. The molecule has 1 amide bonds. The maximum atomic E-state index is 13.6. The van der Waals surface area contributed by atoms with Crippen LogP contribution in [0.4, 0.5) is 18.9 Å². The number of methoxy groups -OCH3 is 2. The molecule has 0 bridgehead atoms. The number of ether oxygens (including phenoxy) is 2. The van der Waals surface area contributed by atoms with E-state index in [4.69, 9.17) is 9.47 Å². The van der Waals surface area contributed by atoms with Crippen LogP contribution >= 0.6 is 11.8 Å². The fraction of sp³-hybridized carbons (Fsp3) is 0.111. The zero-order valence-corrected chi connectivity index (χ0v) is 22.2. The Morgan fingerprint density at radius 2 is 1.68 bits per heavy atom. The summed E-state index contributed by atoms with van der Waals surface area (Å²) in [5.41, 5.74) is 1.66. The molecule has 3 aromatic carbocycles. The zero-order valence-electron chi connectivity index (χ0n) is 21.4. The van der Waals surface area contributed by atoms with Crippen LogP contribution in [0.15, 0.2) is 87.9 Å². The molecule has 0 aliphatic heterocycles. The number of benzene rings is 3. The Morgan fingerprint density at radius 3 is 2.29 bits per heavy atom. The highest BCUT2D eigenvalue weighted by Crippen LogP contribution is 2.35. The first-order chi connectivity index (χ1) is 19.6. The van der Waals surface area contributed by atoms with Crippen molar-refractivity contribution in [2.45, 2.75) is 16.2 Å². The third kappa shape index (κ3) is 7.36. The van der Waals surface area contributed by atoms with Gasteiger partial charge in [0.1, 0.15) is 17.2 Å². The molecule has 4 aromatic rings. The Balaban J connectivity index is 1.66. The Hall–Kier alpha value is -4.98. The van der Waals surface area contributed by atoms with Gasteiger partial charge in [-0.1, -0.05) is 30.3 Å². The number of non-ortho nitro benzene ring substituents is 1. The summed E-state index contributed by atoms with van der Waals surface area (Å²) in [6.45, 7) is 0. The first kappa shape index (κ1) is 29.0. The molecule has 0 unspecified atom stereocenters. The van der Waals surface area contributed by atoms with E-state index in [0.29, 0.717) is 17.1 Å². The lowest BCUT2D eigenvalue weighted by molar-refractivity contribution is -0.384. The first-order valence-electron chi connectivity index (χ1n) is 11.6. The van der Waals surface area contributed by atoms with Crippen molar-refractivity contribution in [1.29, 1.82) is 0 Å². The number of nitrogens with zero attached hydrogens (tertiary/aromatic N) is 4. The molecule has 0 radical (unpaired) electrons. The summed E-state index contributed by atoms with van der Waals surface area (Å²) in [6, 6.07) is 17.3. The topological polar surface area (TPSA) is 129 Å². The molecule has 0 aliphatic rings. The van der Waals surface area contributed by atoms with Crippen LogP contribution in [0, 0.1) is 10.1 Å². The van der Waals surface area contributed by atoms with Gasteiger partial charge in [-0.3, -0.25) is 14.9 Å². The van der Waals surface area contributed by atoms with Crippen LogP contribution in [-0.4, -0.2) is 41.2 Å². The van der Waals surface area contributed by atoms with Crippen molar-refractivity contribution in [2.75, 3.05) is 14.2 Å². The van der Waals surface area contributed by atoms with Gasteiger partial charge < -0.3 is 9.47 Å². The number of amides is 1. The van der Waals surface area contributed by atoms with Gasteiger partial charge in [0, 0.05) is 39.8 Å². The van der Waals surface area contributed by atoms with Crippen LogP contribution < -0.4 is 14.9 Å². The van der Waals surface area contributed by atoms with E-state index in [-0.39, 0.29) is 32.6 Å². The quantitative estimate of drug-likeness (QED) is 0.110. The summed E-state index contributed by atoms with van der Waals surface area (Å²) < 4.78 is 51.2. The highest BCUT2D eigenvalue weighted by molar-refractivity contribution is 7.99. The molecular formula is C27H20F3N5O5S. The first-order valence-corrected chi connectivity index (χ1v) is 12.4. The van der Waals surface area contributed by atoms with Gasteiger partial charge in [0.25, 0.3) is 11.6 Å². The number of alkyl halides is 3. The fourth-order valence-electron chi connectivity index (χ4n) is 3.48. The van der Waals surface area contributed by atoms with Gasteiger partial charge in [0.2, 0.25) is 0 Å². The van der Waals surface area contributed by atoms with E-state index >= 15 is 0 Å². The number of carbonyl (C=O) groups excluding carboxylic acids is 1. The van der Waals surface area contributed by atoms with E-state index in [2.05, 4.69) is 20.5 Å². The fourth-order valence-corrected chi connectivity index (χ4v) is 4.33. The lowest BCUT2D eigenvalue weighted by atomic mass is 10.1.